The van der Waals surface area contributed by atoms with Gasteiger partial charge in [-0.2, -0.15) is 0 Å². The molecule has 2 nitrogen and oxygen atoms in total. The zero-order chi connectivity index (χ0) is 13.7. The lowest BCUT2D eigenvalue weighted by Crippen LogP contribution is -2.19. The van der Waals surface area contributed by atoms with Crippen molar-refractivity contribution < 1.29 is 4.74 Å². The maximum Gasteiger partial charge on any atom is 0.120 e. The minimum atomic E-state index is 0.537. The van der Waals surface area contributed by atoms with Crippen molar-refractivity contribution in [3.63, 3.8) is 0 Å². The van der Waals surface area contributed by atoms with E-state index in [1.807, 2.05) is 0 Å². The summed E-state index contributed by atoms with van der Waals surface area (Å²) in [6, 6.07) is 7.05. The van der Waals surface area contributed by atoms with Gasteiger partial charge in [0.1, 0.15) is 12.4 Å². The second kappa shape index (κ2) is 6.76. The van der Waals surface area contributed by atoms with Crippen LogP contribution in [0, 0.1) is 0 Å². The van der Waals surface area contributed by atoms with Crippen molar-refractivity contribution in [2.75, 3.05) is 13.2 Å². The lowest BCUT2D eigenvalue weighted by Gasteiger charge is -2.14. The molecular weight excluding hydrogens is 234 g/mol. The Morgan fingerprint density at radius 3 is 3.00 bits per heavy atom. The molecule has 1 unspecified atom stereocenters. The number of rotatable bonds is 7. The number of ether oxygens (including phenoxy) is 1. The van der Waals surface area contributed by atoms with Crippen molar-refractivity contribution in [2.45, 2.75) is 45.6 Å². The number of benzene rings is 1. The average molecular weight is 259 g/mol. The summed E-state index contributed by atoms with van der Waals surface area (Å²) in [5.41, 5.74) is 4.03. The number of fused-ring (bicyclic) bond motifs is 1. The Balaban J connectivity index is 1.99. The molecule has 104 valence electrons. The Kier molecular flexibility index (Phi) is 5.03. The molecule has 0 radical (unpaired) electrons. The molecule has 0 spiro atoms. The predicted molar refractivity (Wildman–Crippen MR) is 80.7 cm³/mol. The fraction of sp³-hybridized carbons (Fsp3) is 0.529. The van der Waals surface area contributed by atoms with Gasteiger partial charge in [-0.1, -0.05) is 26.5 Å². The highest BCUT2D eigenvalue weighted by molar-refractivity contribution is 5.40. The largest absolute Gasteiger partial charge is 0.489 e. The minimum absolute atomic E-state index is 0.537. The molecule has 1 aromatic carbocycles. The number of nitrogens with one attached hydrogen (secondary N) is 1. The van der Waals surface area contributed by atoms with Crippen LogP contribution in [0.25, 0.3) is 0 Å². The third-order valence-electron chi connectivity index (χ3n) is 3.78. The minimum Gasteiger partial charge on any atom is -0.489 e. The first kappa shape index (κ1) is 14.1. The van der Waals surface area contributed by atoms with Crippen LogP contribution in [-0.2, 0) is 6.42 Å². The lowest BCUT2D eigenvalue weighted by atomic mass is 10.1. The second-order valence-electron chi connectivity index (χ2n) is 5.30. The smallest absolute Gasteiger partial charge is 0.120 e. The third-order valence-corrected chi connectivity index (χ3v) is 3.78. The summed E-state index contributed by atoms with van der Waals surface area (Å²) in [6.45, 7) is 10.0. The molecular formula is C17H25NO. The molecule has 19 heavy (non-hydrogen) atoms. The van der Waals surface area contributed by atoms with Gasteiger partial charge in [0.05, 0.1) is 0 Å². The molecule has 0 saturated heterocycles. The first-order valence-electron chi connectivity index (χ1n) is 7.40. The van der Waals surface area contributed by atoms with E-state index in [0.29, 0.717) is 12.6 Å². The van der Waals surface area contributed by atoms with E-state index < -0.39 is 0 Å². The van der Waals surface area contributed by atoms with E-state index in [4.69, 9.17) is 4.74 Å². The van der Waals surface area contributed by atoms with Crippen LogP contribution in [0.15, 0.2) is 30.4 Å². The van der Waals surface area contributed by atoms with Gasteiger partial charge in [-0.15, -0.1) is 0 Å². The Hall–Kier alpha value is -1.28. The van der Waals surface area contributed by atoms with Crippen LogP contribution in [0.4, 0.5) is 0 Å². The Morgan fingerprint density at radius 1 is 1.42 bits per heavy atom. The van der Waals surface area contributed by atoms with E-state index in [0.717, 1.165) is 30.7 Å². The van der Waals surface area contributed by atoms with E-state index in [1.54, 1.807) is 0 Å². The van der Waals surface area contributed by atoms with Gasteiger partial charge >= 0.3 is 0 Å². The van der Waals surface area contributed by atoms with E-state index in [9.17, 15) is 0 Å². The molecule has 1 atom stereocenters. The normalized spacial score (nSPS) is 17.3. The molecule has 2 rings (SSSR count). The summed E-state index contributed by atoms with van der Waals surface area (Å²) in [6.07, 6.45) is 4.53. The molecule has 1 aliphatic carbocycles. The van der Waals surface area contributed by atoms with Crippen molar-refractivity contribution >= 4 is 0 Å². The number of hydrogen-bond acceptors (Lipinski definition) is 2. The Labute approximate surface area is 116 Å². The third kappa shape index (κ3) is 3.60. The molecule has 0 heterocycles. The molecule has 0 fully saturated rings. The van der Waals surface area contributed by atoms with Gasteiger partial charge in [-0.05, 0) is 61.1 Å². The van der Waals surface area contributed by atoms with Crippen LogP contribution in [0.3, 0.4) is 0 Å². The van der Waals surface area contributed by atoms with Crippen LogP contribution in [0.2, 0.25) is 0 Å². The Bertz CT molecular complexity index is 439. The summed E-state index contributed by atoms with van der Waals surface area (Å²) in [5, 5.41) is 3.61. The van der Waals surface area contributed by atoms with Gasteiger partial charge in [-0.3, -0.25) is 0 Å². The van der Waals surface area contributed by atoms with Crippen LogP contribution in [-0.4, -0.2) is 13.2 Å². The molecule has 0 saturated carbocycles. The molecule has 2 heteroatoms. The van der Waals surface area contributed by atoms with Crippen molar-refractivity contribution in [2.24, 2.45) is 0 Å². The van der Waals surface area contributed by atoms with Crippen LogP contribution in [0.5, 0.6) is 5.75 Å². The molecule has 0 bridgehead atoms. The molecule has 1 N–H and O–H groups in total. The van der Waals surface area contributed by atoms with Crippen LogP contribution < -0.4 is 10.1 Å². The topological polar surface area (TPSA) is 21.3 Å². The highest BCUT2D eigenvalue weighted by atomic mass is 16.5. The molecule has 0 aromatic heterocycles. The summed E-state index contributed by atoms with van der Waals surface area (Å²) >= 11 is 0. The summed E-state index contributed by atoms with van der Waals surface area (Å²) < 4.78 is 5.78. The number of aryl methyl sites for hydroxylation is 1. The van der Waals surface area contributed by atoms with E-state index in [2.05, 4.69) is 43.9 Å². The summed E-state index contributed by atoms with van der Waals surface area (Å²) in [7, 11) is 0. The number of hydrogen-bond donors (Lipinski definition) is 1. The molecule has 1 aromatic rings. The lowest BCUT2D eigenvalue weighted by molar-refractivity contribution is 0.349. The van der Waals surface area contributed by atoms with E-state index in [1.165, 1.54) is 24.0 Å². The molecule has 1 aliphatic rings. The van der Waals surface area contributed by atoms with Gasteiger partial charge in [-0.25, -0.2) is 0 Å². The van der Waals surface area contributed by atoms with Crippen molar-refractivity contribution in [3.8, 4) is 5.75 Å². The zero-order valence-corrected chi connectivity index (χ0v) is 12.2. The summed E-state index contributed by atoms with van der Waals surface area (Å²) in [5.74, 6) is 0.976. The maximum absolute atomic E-state index is 5.78. The van der Waals surface area contributed by atoms with Crippen LogP contribution in [0.1, 0.15) is 50.3 Å². The van der Waals surface area contributed by atoms with Gasteiger partial charge in [0, 0.05) is 6.04 Å². The van der Waals surface area contributed by atoms with E-state index >= 15 is 0 Å². The van der Waals surface area contributed by atoms with Crippen molar-refractivity contribution in [1.82, 2.24) is 5.32 Å². The van der Waals surface area contributed by atoms with Gasteiger partial charge in [0.2, 0.25) is 0 Å². The maximum atomic E-state index is 5.78. The zero-order valence-electron chi connectivity index (χ0n) is 12.2. The fourth-order valence-corrected chi connectivity index (χ4v) is 2.50. The second-order valence-corrected chi connectivity index (χ2v) is 5.30. The molecule has 0 aliphatic heterocycles. The first-order valence-corrected chi connectivity index (χ1v) is 7.40. The quantitative estimate of drug-likeness (QED) is 0.747. The van der Waals surface area contributed by atoms with Crippen LogP contribution >= 0.6 is 0 Å². The highest BCUT2D eigenvalue weighted by Gasteiger charge is 2.21. The monoisotopic (exact) mass is 259 g/mol. The highest BCUT2D eigenvalue weighted by Crippen LogP contribution is 2.33. The van der Waals surface area contributed by atoms with Gasteiger partial charge in [0.25, 0.3) is 0 Å². The predicted octanol–water partition coefficient (Wildman–Crippen LogP) is 4.02. The first-order chi connectivity index (χ1) is 9.24. The average Bonchev–Trinajstić information content (AvgIpc) is 2.84. The Morgan fingerprint density at radius 2 is 2.26 bits per heavy atom. The van der Waals surface area contributed by atoms with Crippen molar-refractivity contribution in [1.29, 1.82) is 0 Å². The summed E-state index contributed by atoms with van der Waals surface area (Å²) in [4.78, 5) is 0. The SMILES string of the molecule is C=C(CC)COc1ccc2c(c1)CCC2NCCC. The van der Waals surface area contributed by atoms with Crippen molar-refractivity contribution in [3.05, 3.63) is 41.5 Å². The van der Waals surface area contributed by atoms with Gasteiger partial charge < -0.3 is 10.1 Å². The molecule has 0 amide bonds. The standard InChI is InChI=1S/C17H25NO/c1-4-10-18-17-9-6-14-11-15(7-8-16(14)17)19-12-13(3)5-2/h7-8,11,17-18H,3-6,9-10,12H2,1-2H3. The van der Waals surface area contributed by atoms with E-state index in [-0.39, 0.29) is 0 Å². The van der Waals surface area contributed by atoms with Gasteiger partial charge in [0.15, 0.2) is 0 Å². The fourth-order valence-electron chi connectivity index (χ4n) is 2.50.